The number of fused-ring (bicyclic) bond motifs is 2. The summed E-state index contributed by atoms with van der Waals surface area (Å²) in [6, 6.07) is 10.7. The number of imidazole rings is 1. The first kappa shape index (κ1) is 15.4. The fourth-order valence-corrected chi connectivity index (χ4v) is 3.10. The van der Waals surface area contributed by atoms with Gasteiger partial charge in [-0.2, -0.15) is 0 Å². The molecule has 3 heterocycles. The molecule has 0 saturated heterocycles. The second-order valence-electron chi connectivity index (χ2n) is 5.83. The normalized spacial score (nSPS) is 13.6. The van der Waals surface area contributed by atoms with E-state index in [0.29, 0.717) is 30.7 Å². The molecule has 0 N–H and O–H groups in total. The van der Waals surface area contributed by atoms with Gasteiger partial charge in [0.1, 0.15) is 0 Å². The molecule has 0 spiro atoms. The summed E-state index contributed by atoms with van der Waals surface area (Å²) >= 11 is 0. The number of rotatable bonds is 5. The van der Waals surface area contributed by atoms with Gasteiger partial charge >= 0.3 is 0 Å². The predicted molar refractivity (Wildman–Crippen MR) is 91.9 cm³/mol. The Kier molecular flexibility index (Phi) is 3.72. The van der Waals surface area contributed by atoms with Crippen molar-refractivity contribution in [1.29, 1.82) is 0 Å². The highest BCUT2D eigenvalue weighted by Gasteiger charge is 2.34. The Morgan fingerprint density at radius 2 is 1.76 bits per heavy atom. The standard InChI is InChI=1S/C19H17N3O3/c1-2-25-16-8-5-10-21-12-13(20-17(16)21)9-11-22-18(23)14-6-3-4-7-15(14)19(22)24/h3-8,10,12H,2,9,11H2,1H3. The van der Waals surface area contributed by atoms with Gasteiger partial charge in [-0.1, -0.05) is 12.1 Å². The Morgan fingerprint density at radius 3 is 2.44 bits per heavy atom. The summed E-state index contributed by atoms with van der Waals surface area (Å²) in [7, 11) is 0. The molecule has 1 aliphatic heterocycles. The third-order valence-electron chi connectivity index (χ3n) is 4.27. The van der Waals surface area contributed by atoms with Crippen LogP contribution in [0.15, 0.2) is 48.8 Å². The first-order valence-corrected chi connectivity index (χ1v) is 8.23. The zero-order valence-corrected chi connectivity index (χ0v) is 13.8. The molecule has 0 atom stereocenters. The number of imide groups is 1. The number of hydrogen-bond acceptors (Lipinski definition) is 4. The molecule has 0 bridgehead atoms. The van der Waals surface area contributed by atoms with Crippen LogP contribution in [0.2, 0.25) is 0 Å². The Bertz CT molecular complexity index is 942. The summed E-state index contributed by atoms with van der Waals surface area (Å²) in [4.78, 5) is 30.7. The maximum absolute atomic E-state index is 12.4. The van der Waals surface area contributed by atoms with Crippen LogP contribution in [0.25, 0.3) is 5.65 Å². The van der Waals surface area contributed by atoms with Crippen molar-refractivity contribution in [2.75, 3.05) is 13.2 Å². The minimum Gasteiger partial charge on any atom is -0.490 e. The van der Waals surface area contributed by atoms with E-state index in [4.69, 9.17) is 4.74 Å². The van der Waals surface area contributed by atoms with Crippen LogP contribution in [0, 0.1) is 0 Å². The van der Waals surface area contributed by atoms with Crippen molar-refractivity contribution >= 4 is 17.5 Å². The smallest absolute Gasteiger partial charge is 0.261 e. The number of carbonyl (C=O) groups excluding carboxylic acids is 2. The fourth-order valence-electron chi connectivity index (χ4n) is 3.10. The highest BCUT2D eigenvalue weighted by atomic mass is 16.5. The molecular weight excluding hydrogens is 318 g/mol. The number of ether oxygens (including phenoxy) is 1. The quantitative estimate of drug-likeness (QED) is 0.672. The van der Waals surface area contributed by atoms with Gasteiger partial charge in [0.15, 0.2) is 11.4 Å². The molecule has 4 rings (SSSR count). The number of hydrogen-bond donors (Lipinski definition) is 0. The van der Waals surface area contributed by atoms with E-state index in [1.807, 2.05) is 35.9 Å². The van der Waals surface area contributed by atoms with E-state index in [-0.39, 0.29) is 11.8 Å². The van der Waals surface area contributed by atoms with E-state index in [1.165, 1.54) is 4.90 Å². The summed E-state index contributed by atoms with van der Waals surface area (Å²) in [5, 5.41) is 0. The number of carbonyl (C=O) groups is 2. The van der Waals surface area contributed by atoms with Gasteiger partial charge in [-0.3, -0.25) is 14.5 Å². The molecule has 1 aliphatic rings. The second-order valence-corrected chi connectivity index (χ2v) is 5.83. The molecule has 25 heavy (non-hydrogen) atoms. The van der Waals surface area contributed by atoms with Crippen molar-refractivity contribution in [3.63, 3.8) is 0 Å². The summed E-state index contributed by atoms with van der Waals surface area (Å²) in [5.41, 5.74) is 2.49. The maximum atomic E-state index is 12.4. The average molecular weight is 335 g/mol. The van der Waals surface area contributed by atoms with Crippen molar-refractivity contribution < 1.29 is 14.3 Å². The highest BCUT2D eigenvalue weighted by Crippen LogP contribution is 2.23. The molecule has 0 aliphatic carbocycles. The summed E-state index contributed by atoms with van der Waals surface area (Å²) in [6.07, 6.45) is 4.30. The topological polar surface area (TPSA) is 63.9 Å². The van der Waals surface area contributed by atoms with Gasteiger partial charge in [-0.25, -0.2) is 4.98 Å². The molecule has 6 heteroatoms. The van der Waals surface area contributed by atoms with Crippen LogP contribution in [0.4, 0.5) is 0 Å². The van der Waals surface area contributed by atoms with Gasteiger partial charge in [0.05, 0.1) is 23.4 Å². The first-order chi connectivity index (χ1) is 12.2. The largest absolute Gasteiger partial charge is 0.490 e. The summed E-state index contributed by atoms with van der Waals surface area (Å²) < 4.78 is 7.48. The number of pyridine rings is 1. The third kappa shape index (κ3) is 2.55. The molecule has 2 amide bonds. The third-order valence-corrected chi connectivity index (χ3v) is 4.27. The van der Waals surface area contributed by atoms with Gasteiger partial charge < -0.3 is 9.14 Å². The van der Waals surface area contributed by atoms with Crippen LogP contribution in [0.3, 0.4) is 0 Å². The molecule has 1 aromatic carbocycles. The first-order valence-electron chi connectivity index (χ1n) is 8.23. The average Bonchev–Trinajstić information content (AvgIpc) is 3.15. The Morgan fingerprint density at radius 1 is 1.04 bits per heavy atom. The molecular formula is C19H17N3O3. The van der Waals surface area contributed by atoms with Crippen LogP contribution < -0.4 is 4.74 Å². The monoisotopic (exact) mass is 335 g/mol. The van der Waals surface area contributed by atoms with E-state index < -0.39 is 0 Å². The summed E-state index contributed by atoms with van der Waals surface area (Å²) in [5.74, 6) is 0.246. The Labute approximate surface area is 144 Å². The van der Waals surface area contributed by atoms with Crippen LogP contribution >= 0.6 is 0 Å². The Balaban J connectivity index is 1.54. The van der Waals surface area contributed by atoms with Gasteiger partial charge in [0, 0.05) is 25.4 Å². The lowest BCUT2D eigenvalue weighted by atomic mass is 10.1. The molecule has 0 fully saturated rings. The second kappa shape index (κ2) is 6.05. The van der Waals surface area contributed by atoms with Gasteiger partial charge in [0.2, 0.25) is 0 Å². The zero-order chi connectivity index (χ0) is 17.4. The molecule has 3 aromatic rings. The van der Waals surface area contributed by atoms with E-state index in [1.54, 1.807) is 24.3 Å². The Hall–Kier alpha value is -3.15. The van der Waals surface area contributed by atoms with Crippen molar-refractivity contribution in [2.24, 2.45) is 0 Å². The molecule has 0 unspecified atom stereocenters. The number of nitrogens with zero attached hydrogens (tertiary/aromatic N) is 3. The van der Waals surface area contributed by atoms with Crippen molar-refractivity contribution in [3.05, 3.63) is 65.6 Å². The minimum atomic E-state index is -0.237. The van der Waals surface area contributed by atoms with Crippen molar-refractivity contribution in [2.45, 2.75) is 13.3 Å². The SMILES string of the molecule is CCOc1cccn2cc(CCN3C(=O)c4ccccc4C3=O)nc12. The van der Waals surface area contributed by atoms with Gasteiger partial charge in [0.25, 0.3) is 11.8 Å². The fraction of sp³-hybridized carbons (Fsp3) is 0.211. The molecule has 126 valence electrons. The van der Waals surface area contributed by atoms with Crippen LogP contribution in [-0.2, 0) is 6.42 Å². The molecule has 0 radical (unpaired) electrons. The van der Waals surface area contributed by atoms with Gasteiger partial charge in [-0.05, 0) is 31.2 Å². The van der Waals surface area contributed by atoms with E-state index in [9.17, 15) is 9.59 Å². The number of amides is 2. The maximum Gasteiger partial charge on any atom is 0.261 e. The molecule has 0 saturated carbocycles. The zero-order valence-electron chi connectivity index (χ0n) is 13.8. The lowest BCUT2D eigenvalue weighted by molar-refractivity contribution is 0.0656. The van der Waals surface area contributed by atoms with E-state index in [2.05, 4.69) is 4.98 Å². The van der Waals surface area contributed by atoms with Crippen molar-refractivity contribution in [3.8, 4) is 5.75 Å². The van der Waals surface area contributed by atoms with Crippen molar-refractivity contribution in [1.82, 2.24) is 14.3 Å². The number of aromatic nitrogens is 2. The minimum absolute atomic E-state index is 0.237. The van der Waals surface area contributed by atoms with E-state index >= 15 is 0 Å². The van der Waals surface area contributed by atoms with E-state index in [0.717, 1.165) is 17.1 Å². The van der Waals surface area contributed by atoms with Crippen LogP contribution in [-0.4, -0.2) is 39.3 Å². The van der Waals surface area contributed by atoms with Crippen LogP contribution in [0.1, 0.15) is 33.3 Å². The predicted octanol–water partition coefficient (Wildman–Crippen LogP) is 2.57. The lowest BCUT2D eigenvalue weighted by Crippen LogP contribution is -2.31. The highest BCUT2D eigenvalue weighted by molar-refractivity contribution is 6.21. The molecule has 2 aromatic heterocycles. The number of benzene rings is 1. The summed E-state index contributed by atoms with van der Waals surface area (Å²) in [6.45, 7) is 2.80. The molecule has 6 nitrogen and oxygen atoms in total. The lowest BCUT2D eigenvalue weighted by Gasteiger charge is -2.12. The van der Waals surface area contributed by atoms with Crippen LogP contribution in [0.5, 0.6) is 5.75 Å². The van der Waals surface area contributed by atoms with Gasteiger partial charge in [-0.15, -0.1) is 0 Å².